The predicted molar refractivity (Wildman–Crippen MR) is 109 cm³/mol. The van der Waals surface area contributed by atoms with Crippen LogP contribution in [0.5, 0.6) is 0 Å². The van der Waals surface area contributed by atoms with Gasteiger partial charge in [-0.05, 0) is 20.8 Å². The number of aliphatic hydroxyl groups is 7. The van der Waals surface area contributed by atoms with Crippen molar-refractivity contribution in [3.63, 3.8) is 0 Å². The Hall–Kier alpha value is -1.01. The van der Waals surface area contributed by atoms with E-state index >= 15 is 0 Å². The van der Waals surface area contributed by atoms with Gasteiger partial charge in [-0.25, -0.2) is 0 Å². The maximum absolute atomic E-state index is 11.5. The number of ether oxygens (including phenoxy) is 5. The second-order valence-electron chi connectivity index (χ2n) is 9.02. The van der Waals surface area contributed by atoms with Gasteiger partial charge in [-0.3, -0.25) is 4.79 Å². The van der Waals surface area contributed by atoms with Gasteiger partial charge in [0.2, 0.25) is 5.91 Å². The van der Waals surface area contributed by atoms with Crippen LogP contribution in [0.4, 0.5) is 0 Å². The van der Waals surface area contributed by atoms with Crippen LogP contribution in [0.25, 0.3) is 0 Å². The Morgan fingerprint density at radius 3 is 1.79 bits per heavy atom. The first kappa shape index (κ1) is 27.6. The molecule has 0 bridgehead atoms. The van der Waals surface area contributed by atoms with Gasteiger partial charge in [0.1, 0.15) is 48.8 Å². The summed E-state index contributed by atoms with van der Waals surface area (Å²) in [7, 11) is 0. The molecule has 14 nitrogen and oxygen atoms in total. The Balaban J connectivity index is 1.82. The molecule has 3 heterocycles. The van der Waals surface area contributed by atoms with Crippen molar-refractivity contribution in [2.45, 2.75) is 120 Å². The molecular formula is C20H35NO13. The summed E-state index contributed by atoms with van der Waals surface area (Å²) in [4.78, 5) is 11.5. The molecule has 14 heteroatoms. The van der Waals surface area contributed by atoms with E-state index in [2.05, 4.69) is 5.32 Å². The lowest BCUT2D eigenvalue weighted by atomic mass is 9.95. The molecule has 0 aliphatic carbocycles. The van der Waals surface area contributed by atoms with E-state index in [0.717, 1.165) is 0 Å². The van der Waals surface area contributed by atoms with E-state index in [1.54, 1.807) is 0 Å². The van der Waals surface area contributed by atoms with Gasteiger partial charge in [-0.1, -0.05) is 0 Å². The van der Waals surface area contributed by atoms with Crippen molar-refractivity contribution >= 4 is 5.91 Å². The van der Waals surface area contributed by atoms with Gasteiger partial charge >= 0.3 is 0 Å². The van der Waals surface area contributed by atoms with E-state index in [0.29, 0.717) is 0 Å². The standard InChI is InChI=1S/C20H35NO13/c1-5-10(23)9(21-8(4)22)13(26)19(31-5)34-17-14(27)11(24)6(2)32-20(17)33-16-12(25)7(3)30-18(29)15(16)28/h5-7,9-20,23-29H,1-4H3,(H,21,22)/t5-,6-,7-,9+,10+,11-,12-,13-,14+,15+,16+,17+,18+,19-,20+/m1/s1. The molecule has 198 valence electrons. The Morgan fingerprint density at radius 1 is 0.647 bits per heavy atom. The van der Waals surface area contributed by atoms with Crippen LogP contribution in [0.15, 0.2) is 0 Å². The van der Waals surface area contributed by atoms with Crippen molar-refractivity contribution in [1.82, 2.24) is 5.32 Å². The molecule has 3 rings (SSSR count). The molecule has 3 aliphatic rings. The minimum absolute atomic E-state index is 0.516. The normalized spacial score (nSPS) is 52.3. The highest BCUT2D eigenvalue weighted by atomic mass is 16.8. The lowest BCUT2D eigenvalue weighted by molar-refractivity contribution is -0.378. The predicted octanol–water partition coefficient (Wildman–Crippen LogP) is -4.35. The number of carbonyl (C=O) groups is 1. The maximum Gasteiger partial charge on any atom is 0.217 e. The average molecular weight is 497 g/mol. The first-order chi connectivity index (χ1) is 15.8. The van der Waals surface area contributed by atoms with Crippen LogP contribution >= 0.6 is 0 Å². The van der Waals surface area contributed by atoms with Crippen LogP contribution in [0.2, 0.25) is 0 Å². The summed E-state index contributed by atoms with van der Waals surface area (Å²) < 4.78 is 27.6. The zero-order valence-corrected chi connectivity index (χ0v) is 19.2. The highest BCUT2D eigenvalue weighted by Crippen LogP contribution is 2.32. The van der Waals surface area contributed by atoms with Gasteiger partial charge < -0.3 is 64.7 Å². The molecule has 3 fully saturated rings. The van der Waals surface area contributed by atoms with Crippen molar-refractivity contribution in [1.29, 1.82) is 0 Å². The van der Waals surface area contributed by atoms with Crippen LogP contribution in [0.3, 0.4) is 0 Å². The summed E-state index contributed by atoms with van der Waals surface area (Å²) in [6, 6.07) is -1.16. The topological polar surface area (TPSA) is 217 Å². The number of aliphatic hydroxyl groups excluding tert-OH is 7. The van der Waals surface area contributed by atoms with E-state index in [1.807, 2.05) is 0 Å². The molecule has 0 aromatic rings. The van der Waals surface area contributed by atoms with Crippen LogP contribution in [0.1, 0.15) is 27.7 Å². The first-order valence-electron chi connectivity index (χ1n) is 11.1. The Labute approximate surface area is 195 Å². The molecule has 15 atom stereocenters. The van der Waals surface area contributed by atoms with Crippen LogP contribution in [-0.2, 0) is 28.5 Å². The molecule has 0 aromatic heterocycles. The van der Waals surface area contributed by atoms with Gasteiger partial charge in [0, 0.05) is 6.92 Å². The van der Waals surface area contributed by atoms with E-state index in [4.69, 9.17) is 23.7 Å². The largest absolute Gasteiger partial charge is 0.388 e. The molecule has 0 spiro atoms. The summed E-state index contributed by atoms with van der Waals surface area (Å²) in [6.07, 6.45) is -19.3. The summed E-state index contributed by atoms with van der Waals surface area (Å²) in [5.74, 6) is -0.516. The number of amides is 1. The average Bonchev–Trinajstić information content (AvgIpc) is 2.77. The molecule has 34 heavy (non-hydrogen) atoms. The zero-order valence-electron chi connectivity index (χ0n) is 19.2. The van der Waals surface area contributed by atoms with Gasteiger partial charge in [0.25, 0.3) is 0 Å². The number of hydrogen-bond donors (Lipinski definition) is 8. The van der Waals surface area contributed by atoms with Crippen molar-refractivity contribution in [3.8, 4) is 0 Å². The van der Waals surface area contributed by atoms with E-state index in [9.17, 15) is 40.5 Å². The third kappa shape index (κ3) is 5.53. The molecule has 3 aliphatic heterocycles. The Morgan fingerprint density at radius 2 is 1.18 bits per heavy atom. The number of hydrogen-bond acceptors (Lipinski definition) is 13. The van der Waals surface area contributed by atoms with Crippen molar-refractivity contribution in [2.24, 2.45) is 0 Å². The van der Waals surface area contributed by atoms with Gasteiger partial charge in [-0.2, -0.15) is 0 Å². The minimum Gasteiger partial charge on any atom is -0.388 e. The Kier molecular flexibility index (Phi) is 8.87. The third-order valence-electron chi connectivity index (χ3n) is 6.38. The summed E-state index contributed by atoms with van der Waals surface area (Å²) in [5, 5.41) is 75.0. The summed E-state index contributed by atoms with van der Waals surface area (Å²) in [6.45, 7) is 5.59. The molecule has 3 saturated heterocycles. The third-order valence-corrected chi connectivity index (χ3v) is 6.38. The summed E-state index contributed by atoms with van der Waals surface area (Å²) >= 11 is 0. The molecule has 0 unspecified atom stereocenters. The van der Waals surface area contributed by atoms with E-state index in [1.165, 1.54) is 27.7 Å². The highest BCUT2D eigenvalue weighted by Gasteiger charge is 2.52. The Bertz CT molecular complexity index is 685. The number of rotatable bonds is 5. The van der Waals surface area contributed by atoms with Gasteiger partial charge in [0.15, 0.2) is 18.9 Å². The smallest absolute Gasteiger partial charge is 0.217 e. The highest BCUT2D eigenvalue weighted by molar-refractivity contribution is 5.73. The molecular weight excluding hydrogens is 462 g/mol. The van der Waals surface area contributed by atoms with E-state index in [-0.39, 0.29) is 0 Å². The van der Waals surface area contributed by atoms with E-state index < -0.39 is 98.0 Å². The van der Waals surface area contributed by atoms with Crippen molar-refractivity contribution in [2.75, 3.05) is 0 Å². The van der Waals surface area contributed by atoms with Crippen LogP contribution < -0.4 is 5.32 Å². The molecule has 0 radical (unpaired) electrons. The van der Waals surface area contributed by atoms with Crippen molar-refractivity contribution in [3.05, 3.63) is 0 Å². The fraction of sp³-hybridized carbons (Fsp3) is 0.950. The fourth-order valence-electron chi connectivity index (χ4n) is 4.29. The summed E-state index contributed by atoms with van der Waals surface area (Å²) in [5.41, 5.74) is 0. The lowest BCUT2D eigenvalue weighted by Gasteiger charge is -2.48. The second kappa shape index (κ2) is 10.9. The SMILES string of the molecule is CC(=O)N[C@H]1[C@@H](O)[C@@H](C)O[C@H](O[C@@H]2[C@H](O[C@H]3[C@H](O)[C@@H](C)O[C@H](O)[C@H]3O)O[C@H](C)[C@@H](O)[C@@H]2O)[C@@H]1O. The minimum atomic E-state index is -1.68. The zero-order chi connectivity index (χ0) is 25.5. The number of carbonyl (C=O) groups excluding carboxylic acids is 1. The maximum atomic E-state index is 11.5. The second-order valence-corrected chi connectivity index (χ2v) is 9.02. The van der Waals surface area contributed by atoms with Crippen LogP contribution in [-0.4, -0.2) is 134 Å². The number of nitrogens with one attached hydrogen (secondary N) is 1. The fourth-order valence-corrected chi connectivity index (χ4v) is 4.29. The monoisotopic (exact) mass is 497 g/mol. The van der Waals surface area contributed by atoms with Gasteiger partial charge in [-0.15, -0.1) is 0 Å². The molecule has 8 N–H and O–H groups in total. The quantitative estimate of drug-likeness (QED) is 0.180. The molecule has 0 aromatic carbocycles. The first-order valence-corrected chi connectivity index (χ1v) is 11.1. The van der Waals surface area contributed by atoms with Crippen LogP contribution in [0, 0.1) is 0 Å². The van der Waals surface area contributed by atoms with Gasteiger partial charge in [0.05, 0.1) is 24.4 Å². The molecule has 1 amide bonds. The lowest BCUT2D eigenvalue weighted by Crippen LogP contribution is -2.67. The molecule has 0 saturated carbocycles. The van der Waals surface area contributed by atoms with Crippen molar-refractivity contribution < 1.29 is 64.2 Å².